The van der Waals surface area contributed by atoms with Gasteiger partial charge in [0.05, 0.1) is 12.5 Å². The molecule has 3 N–H and O–H groups in total. The topological polar surface area (TPSA) is 78.7 Å². The first-order valence-corrected chi connectivity index (χ1v) is 7.17. The molecule has 1 unspecified atom stereocenters. The standard InChI is InChI=1S/C13H24N4O2/c14-13(19)11-3-1-6-16(9-11)10-12(18)17-7-2-4-15-5-8-17/h11,15H,1-10H2,(H2,14,19). The first-order valence-electron chi connectivity index (χ1n) is 7.17. The normalized spacial score (nSPS) is 25.9. The summed E-state index contributed by atoms with van der Waals surface area (Å²) in [5.74, 6) is -0.155. The number of piperidine rings is 1. The average Bonchev–Trinajstić information content (AvgIpc) is 2.68. The molecule has 0 aromatic heterocycles. The highest BCUT2D eigenvalue weighted by atomic mass is 16.2. The van der Waals surface area contributed by atoms with Gasteiger partial charge in [-0.05, 0) is 32.4 Å². The zero-order valence-corrected chi connectivity index (χ0v) is 11.4. The predicted octanol–water partition coefficient (Wildman–Crippen LogP) is -0.994. The fourth-order valence-corrected chi connectivity index (χ4v) is 2.82. The van der Waals surface area contributed by atoms with Crippen molar-refractivity contribution < 1.29 is 9.59 Å². The van der Waals surface area contributed by atoms with E-state index < -0.39 is 0 Å². The van der Waals surface area contributed by atoms with Crippen LogP contribution in [0.2, 0.25) is 0 Å². The molecule has 19 heavy (non-hydrogen) atoms. The number of nitrogens with two attached hydrogens (primary N) is 1. The summed E-state index contributed by atoms with van der Waals surface area (Å²) in [7, 11) is 0. The molecule has 0 aromatic carbocycles. The highest BCUT2D eigenvalue weighted by molar-refractivity contribution is 5.79. The summed E-state index contributed by atoms with van der Waals surface area (Å²) in [5, 5.41) is 3.29. The molecule has 2 fully saturated rings. The van der Waals surface area contributed by atoms with Crippen LogP contribution in [0.25, 0.3) is 0 Å². The molecule has 2 amide bonds. The van der Waals surface area contributed by atoms with Crippen molar-refractivity contribution in [3.8, 4) is 0 Å². The van der Waals surface area contributed by atoms with Crippen LogP contribution in [0.3, 0.4) is 0 Å². The van der Waals surface area contributed by atoms with Crippen LogP contribution in [-0.4, -0.2) is 67.4 Å². The van der Waals surface area contributed by atoms with Crippen LogP contribution in [0, 0.1) is 5.92 Å². The van der Waals surface area contributed by atoms with E-state index in [1.54, 1.807) is 0 Å². The molecule has 2 aliphatic heterocycles. The van der Waals surface area contributed by atoms with Crippen LogP contribution >= 0.6 is 0 Å². The molecule has 0 spiro atoms. The Balaban J connectivity index is 1.82. The van der Waals surface area contributed by atoms with E-state index in [-0.39, 0.29) is 17.7 Å². The van der Waals surface area contributed by atoms with Crippen molar-refractivity contribution >= 4 is 11.8 Å². The van der Waals surface area contributed by atoms with E-state index in [0.717, 1.165) is 52.0 Å². The molecule has 2 saturated heterocycles. The Labute approximate surface area is 114 Å². The maximum absolute atomic E-state index is 12.2. The molecule has 0 bridgehead atoms. The highest BCUT2D eigenvalue weighted by Crippen LogP contribution is 2.16. The summed E-state index contributed by atoms with van der Waals surface area (Å²) < 4.78 is 0. The Morgan fingerprint density at radius 2 is 2.00 bits per heavy atom. The molecule has 1 atom stereocenters. The van der Waals surface area contributed by atoms with Gasteiger partial charge in [-0.15, -0.1) is 0 Å². The van der Waals surface area contributed by atoms with E-state index >= 15 is 0 Å². The molecule has 0 aromatic rings. The van der Waals surface area contributed by atoms with Crippen molar-refractivity contribution in [3.63, 3.8) is 0 Å². The van der Waals surface area contributed by atoms with Gasteiger partial charge in [0.2, 0.25) is 11.8 Å². The lowest BCUT2D eigenvalue weighted by Gasteiger charge is -2.32. The minimum Gasteiger partial charge on any atom is -0.369 e. The molecule has 6 nitrogen and oxygen atoms in total. The number of nitrogens with zero attached hydrogens (tertiary/aromatic N) is 2. The van der Waals surface area contributed by atoms with Gasteiger partial charge in [-0.3, -0.25) is 14.5 Å². The minimum atomic E-state index is -0.240. The monoisotopic (exact) mass is 268 g/mol. The number of likely N-dealkylation sites (tertiary alicyclic amines) is 1. The predicted molar refractivity (Wildman–Crippen MR) is 72.4 cm³/mol. The molecular weight excluding hydrogens is 244 g/mol. The van der Waals surface area contributed by atoms with Gasteiger partial charge in [-0.1, -0.05) is 0 Å². The van der Waals surface area contributed by atoms with Gasteiger partial charge in [-0.2, -0.15) is 0 Å². The summed E-state index contributed by atoms with van der Waals surface area (Å²) in [4.78, 5) is 27.5. The van der Waals surface area contributed by atoms with E-state index in [2.05, 4.69) is 10.2 Å². The van der Waals surface area contributed by atoms with E-state index in [0.29, 0.717) is 13.1 Å². The van der Waals surface area contributed by atoms with Gasteiger partial charge in [0.15, 0.2) is 0 Å². The number of primary amides is 1. The largest absolute Gasteiger partial charge is 0.369 e. The quantitative estimate of drug-likeness (QED) is 0.688. The van der Waals surface area contributed by atoms with Crippen molar-refractivity contribution in [3.05, 3.63) is 0 Å². The Morgan fingerprint density at radius 3 is 2.79 bits per heavy atom. The molecule has 0 aliphatic carbocycles. The molecule has 2 rings (SSSR count). The third-order valence-corrected chi connectivity index (χ3v) is 3.96. The Kier molecular flexibility index (Phi) is 5.15. The van der Waals surface area contributed by atoms with Crippen molar-refractivity contribution in [1.82, 2.24) is 15.1 Å². The number of rotatable bonds is 3. The SMILES string of the molecule is NC(=O)C1CCCN(CC(=O)N2CCCNCC2)C1. The second-order valence-electron chi connectivity index (χ2n) is 5.46. The lowest BCUT2D eigenvalue weighted by atomic mass is 9.97. The lowest BCUT2D eigenvalue weighted by Crippen LogP contribution is -2.47. The summed E-state index contributed by atoms with van der Waals surface area (Å²) in [5.41, 5.74) is 5.35. The van der Waals surface area contributed by atoms with Crippen molar-refractivity contribution in [2.75, 3.05) is 45.8 Å². The highest BCUT2D eigenvalue weighted by Gasteiger charge is 2.26. The third kappa shape index (κ3) is 4.18. The minimum absolute atomic E-state index is 0.0904. The second-order valence-corrected chi connectivity index (χ2v) is 5.46. The number of carbonyl (C=O) groups is 2. The molecule has 2 heterocycles. The van der Waals surface area contributed by atoms with Crippen LogP contribution in [0.1, 0.15) is 19.3 Å². The van der Waals surface area contributed by atoms with Crippen LogP contribution in [-0.2, 0) is 9.59 Å². The van der Waals surface area contributed by atoms with Crippen molar-refractivity contribution in [2.45, 2.75) is 19.3 Å². The van der Waals surface area contributed by atoms with Crippen LogP contribution < -0.4 is 11.1 Å². The Bertz CT molecular complexity index is 327. The molecular formula is C13H24N4O2. The maximum atomic E-state index is 12.2. The van der Waals surface area contributed by atoms with Gasteiger partial charge < -0.3 is 16.0 Å². The van der Waals surface area contributed by atoms with E-state index in [4.69, 9.17) is 5.73 Å². The second kappa shape index (κ2) is 6.86. The number of carbonyl (C=O) groups excluding carboxylic acids is 2. The molecule has 0 radical (unpaired) electrons. The lowest BCUT2D eigenvalue weighted by molar-refractivity contribution is -0.134. The smallest absolute Gasteiger partial charge is 0.236 e. The van der Waals surface area contributed by atoms with E-state index in [1.807, 2.05) is 4.90 Å². The number of hydrogen-bond acceptors (Lipinski definition) is 4. The summed E-state index contributed by atoms with van der Waals surface area (Å²) in [6.45, 7) is 5.41. The van der Waals surface area contributed by atoms with Crippen molar-refractivity contribution in [1.29, 1.82) is 0 Å². The molecule has 108 valence electrons. The first kappa shape index (κ1) is 14.3. The van der Waals surface area contributed by atoms with Crippen LogP contribution in [0.4, 0.5) is 0 Å². The molecule has 0 saturated carbocycles. The van der Waals surface area contributed by atoms with Gasteiger partial charge in [0.1, 0.15) is 0 Å². The first-order chi connectivity index (χ1) is 9.16. The number of hydrogen-bond donors (Lipinski definition) is 2. The van der Waals surface area contributed by atoms with E-state index in [1.165, 1.54) is 0 Å². The molecule has 2 aliphatic rings. The third-order valence-electron chi connectivity index (χ3n) is 3.96. The Hall–Kier alpha value is -1.14. The van der Waals surface area contributed by atoms with Gasteiger partial charge in [0, 0.05) is 26.2 Å². The average molecular weight is 268 g/mol. The van der Waals surface area contributed by atoms with Crippen LogP contribution in [0.5, 0.6) is 0 Å². The van der Waals surface area contributed by atoms with Gasteiger partial charge in [-0.25, -0.2) is 0 Å². The number of nitrogens with one attached hydrogen (secondary N) is 1. The van der Waals surface area contributed by atoms with Gasteiger partial charge in [0.25, 0.3) is 0 Å². The summed E-state index contributed by atoms with van der Waals surface area (Å²) >= 11 is 0. The summed E-state index contributed by atoms with van der Waals surface area (Å²) in [6, 6.07) is 0. The number of amides is 2. The zero-order chi connectivity index (χ0) is 13.7. The van der Waals surface area contributed by atoms with Crippen molar-refractivity contribution in [2.24, 2.45) is 11.7 Å². The summed E-state index contributed by atoms with van der Waals surface area (Å²) in [6.07, 6.45) is 2.81. The Morgan fingerprint density at radius 1 is 1.16 bits per heavy atom. The molecule has 6 heteroatoms. The maximum Gasteiger partial charge on any atom is 0.236 e. The fourth-order valence-electron chi connectivity index (χ4n) is 2.82. The van der Waals surface area contributed by atoms with Crippen LogP contribution in [0.15, 0.2) is 0 Å². The van der Waals surface area contributed by atoms with Gasteiger partial charge >= 0.3 is 0 Å². The van der Waals surface area contributed by atoms with E-state index in [9.17, 15) is 9.59 Å². The fraction of sp³-hybridized carbons (Fsp3) is 0.846. The zero-order valence-electron chi connectivity index (χ0n) is 11.4.